The first-order valence-corrected chi connectivity index (χ1v) is 10.4. The maximum atomic E-state index is 10.7. The summed E-state index contributed by atoms with van der Waals surface area (Å²) in [5.41, 5.74) is 1.39. The quantitative estimate of drug-likeness (QED) is 0.291. The van der Waals surface area contributed by atoms with Crippen LogP contribution in [0.2, 0.25) is 0 Å². The van der Waals surface area contributed by atoms with Crippen LogP contribution in [-0.4, -0.2) is 15.4 Å². The number of carbonyl (C=O) groups excluding carboxylic acids is 1. The van der Waals surface area contributed by atoms with Crippen molar-refractivity contribution in [3.05, 3.63) is 42.2 Å². The maximum absolute atomic E-state index is 10.7. The van der Waals surface area contributed by atoms with Gasteiger partial charge in [-0.2, -0.15) is 0 Å². The van der Waals surface area contributed by atoms with Crippen LogP contribution in [0.3, 0.4) is 0 Å². The molecular formula is C22H29ClN2O2. The van der Waals surface area contributed by atoms with Gasteiger partial charge in [-0.25, -0.2) is 14.8 Å². The molecule has 0 unspecified atom stereocenters. The van der Waals surface area contributed by atoms with Gasteiger partial charge in [0.15, 0.2) is 11.6 Å². The van der Waals surface area contributed by atoms with Gasteiger partial charge in [0.25, 0.3) is 0 Å². The number of rotatable bonds is 12. The fourth-order valence-corrected chi connectivity index (χ4v) is 3.16. The zero-order valence-corrected chi connectivity index (χ0v) is 16.9. The van der Waals surface area contributed by atoms with E-state index in [2.05, 4.69) is 29.0 Å². The highest BCUT2D eigenvalue weighted by Crippen LogP contribution is 2.19. The molecular weight excluding hydrogens is 360 g/mol. The standard InChI is InChI=1S/C22H29ClN2O2/c1-2-3-4-5-6-7-8-9-10-11-18-12-14-19(15-13-18)21-24-16-20(17-25-21)27-22(23)26/h12-17H,2-11H2,1H3. The van der Waals surface area contributed by atoms with Gasteiger partial charge in [-0.1, -0.05) is 82.6 Å². The molecule has 1 aromatic carbocycles. The Morgan fingerprint density at radius 1 is 0.889 bits per heavy atom. The molecule has 0 amide bonds. The summed E-state index contributed by atoms with van der Waals surface area (Å²) in [6, 6.07) is 8.34. The summed E-state index contributed by atoms with van der Waals surface area (Å²) in [5.74, 6) is 0.833. The number of unbranched alkanes of at least 4 members (excludes halogenated alkanes) is 8. The molecule has 5 heteroatoms. The van der Waals surface area contributed by atoms with E-state index in [1.807, 2.05) is 12.1 Å². The molecule has 2 rings (SSSR count). The van der Waals surface area contributed by atoms with Gasteiger partial charge in [-0.15, -0.1) is 0 Å². The van der Waals surface area contributed by atoms with E-state index in [1.54, 1.807) is 0 Å². The molecule has 0 saturated carbocycles. The number of ether oxygens (including phenoxy) is 1. The van der Waals surface area contributed by atoms with Gasteiger partial charge in [-0.05, 0) is 18.4 Å². The first-order chi connectivity index (χ1) is 13.2. The van der Waals surface area contributed by atoms with E-state index in [-0.39, 0.29) is 5.75 Å². The third-order valence-electron chi connectivity index (χ3n) is 4.61. The van der Waals surface area contributed by atoms with Crippen molar-refractivity contribution in [2.75, 3.05) is 0 Å². The summed E-state index contributed by atoms with van der Waals surface area (Å²) in [6.45, 7) is 2.26. The van der Waals surface area contributed by atoms with Gasteiger partial charge >= 0.3 is 5.43 Å². The SMILES string of the molecule is CCCCCCCCCCCc1ccc(-c2ncc(OC(=O)Cl)cn2)cc1. The Morgan fingerprint density at radius 2 is 1.44 bits per heavy atom. The Labute approximate surface area is 167 Å². The molecule has 0 bridgehead atoms. The maximum Gasteiger partial charge on any atom is 0.409 e. The number of aryl methyl sites for hydroxylation is 1. The van der Waals surface area contributed by atoms with Crippen LogP contribution in [0.25, 0.3) is 11.4 Å². The Morgan fingerprint density at radius 3 is 2.00 bits per heavy atom. The Balaban J connectivity index is 1.68. The van der Waals surface area contributed by atoms with Gasteiger partial charge in [0, 0.05) is 17.2 Å². The van der Waals surface area contributed by atoms with Gasteiger partial charge in [-0.3, -0.25) is 0 Å². The van der Waals surface area contributed by atoms with E-state index < -0.39 is 5.43 Å². The number of aromatic nitrogens is 2. The fourth-order valence-electron chi connectivity index (χ4n) is 3.07. The average Bonchev–Trinajstić information content (AvgIpc) is 2.67. The van der Waals surface area contributed by atoms with Crippen molar-refractivity contribution in [1.82, 2.24) is 9.97 Å². The molecule has 0 aliphatic carbocycles. The zero-order valence-electron chi connectivity index (χ0n) is 16.1. The molecule has 1 aromatic heterocycles. The lowest BCUT2D eigenvalue weighted by atomic mass is 10.0. The predicted molar refractivity (Wildman–Crippen MR) is 110 cm³/mol. The van der Waals surface area contributed by atoms with E-state index in [9.17, 15) is 4.79 Å². The molecule has 0 N–H and O–H groups in total. The topological polar surface area (TPSA) is 52.1 Å². The molecule has 0 radical (unpaired) electrons. The van der Waals surface area contributed by atoms with Crippen LogP contribution < -0.4 is 4.74 Å². The number of carbonyl (C=O) groups is 1. The van der Waals surface area contributed by atoms with Crippen molar-refractivity contribution >= 4 is 17.0 Å². The molecule has 146 valence electrons. The molecule has 4 nitrogen and oxygen atoms in total. The predicted octanol–water partition coefficient (Wildman–Crippen LogP) is 6.95. The van der Waals surface area contributed by atoms with Crippen molar-refractivity contribution < 1.29 is 9.53 Å². The van der Waals surface area contributed by atoms with E-state index in [4.69, 9.17) is 16.3 Å². The fraction of sp³-hybridized carbons (Fsp3) is 0.500. The minimum Gasteiger partial charge on any atom is -0.411 e. The third-order valence-corrected chi connectivity index (χ3v) is 4.68. The second-order valence-electron chi connectivity index (χ2n) is 6.86. The number of halogens is 1. The highest BCUT2D eigenvalue weighted by molar-refractivity contribution is 6.61. The first kappa shape index (κ1) is 21.4. The molecule has 0 aliphatic rings. The lowest BCUT2D eigenvalue weighted by Crippen LogP contribution is -1.98. The summed E-state index contributed by atoms with van der Waals surface area (Å²) >= 11 is 5.17. The number of nitrogens with zero attached hydrogens (tertiary/aromatic N) is 2. The average molecular weight is 389 g/mol. The van der Waals surface area contributed by atoms with Crippen LogP contribution >= 0.6 is 11.6 Å². The highest BCUT2D eigenvalue weighted by atomic mass is 35.5. The lowest BCUT2D eigenvalue weighted by Gasteiger charge is -2.05. The second-order valence-corrected chi connectivity index (χ2v) is 7.17. The van der Waals surface area contributed by atoms with Crippen LogP contribution in [0, 0.1) is 0 Å². The van der Waals surface area contributed by atoms with Crippen LogP contribution in [0.5, 0.6) is 5.75 Å². The molecule has 2 aromatic rings. The summed E-state index contributed by atoms with van der Waals surface area (Å²) in [4.78, 5) is 19.1. The smallest absolute Gasteiger partial charge is 0.409 e. The Bertz CT molecular complexity index is 672. The van der Waals surface area contributed by atoms with E-state index in [0.717, 1.165) is 12.0 Å². The van der Waals surface area contributed by atoms with Gasteiger partial charge in [0.2, 0.25) is 0 Å². The van der Waals surface area contributed by atoms with Crippen molar-refractivity contribution in [1.29, 1.82) is 0 Å². The normalized spacial score (nSPS) is 10.7. The first-order valence-electron chi connectivity index (χ1n) is 9.97. The Hall–Kier alpha value is -1.94. The van der Waals surface area contributed by atoms with E-state index >= 15 is 0 Å². The Kier molecular flexibility index (Phi) is 9.85. The summed E-state index contributed by atoms with van der Waals surface area (Å²) in [6.07, 6.45) is 16.1. The molecule has 0 saturated heterocycles. The summed E-state index contributed by atoms with van der Waals surface area (Å²) in [5, 5.41) is 0. The molecule has 0 fully saturated rings. The highest BCUT2D eigenvalue weighted by Gasteiger charge is 2.05. The lowest BCUT2D eigenvalue weighted by molar-refractivity contribution is 0.225. The largest absolute Gasteiger partial charge is 0.411 e. The molecule has 0 aliphatic heterocycles. The zero-order chi connectivity index (χ0) is 19.3. The molecule has 0 spiro atoms. The van der Waals surface area contributed by atoms with Gasteiger partial charge in [0.1, 0.15) is 0 Å². The molecule has 27 heavy (non-hydrogen) atoms. The van der Waals surface area contributed by atoms with Crippen LogP contribution in [0.4, 0.5) is 4.79 Å². The number of hydrogen-bond acceptors (Lipinski definition) is 4. The minimum atomic E-state index is -0.896. The van der Waals surface area contributed by atoms with Gasteiger partial charge < -0.3 is 4.74 Å². The monoisotopic (exact) mass is 388 g/mol. The van der Waals surface area contributed by atoms with Crippen molar-refractivity contribution in [2.45, 2.75) is 71.1 Å². The third kappa shape index (κ3) is 8.53. The van der Waals surface area contributed by atoms with Gasteiger partial charge in [0.05, 0.1) is 12.4 Å². The summed E-state index contributed by atoms with van der Waals surface area (Å²) < 4.78 is 4.72. The van der Waals surface area contributed by atoms with Crippen molar-refractivity contribution in [3.8, 4) is 17.1 Å². The van der Waals surface area contributed by atoms with E-state index in [1.165, 1.54) is 75.7 Å². The van der Waals surface area contributed by atoms with Crippen LogP contribution in [-0.2, 0) is 6.42 Å². The van der Waals surface area contributed by atoms with E-state index in [0.29, 0.717) is 5.82 Å². The van der Waals surface area contributed by atoms with Crippen LogP contribution in [0.1, 0.15) is 70.3 Å². The molecule has 0 atom stereocenters. The summed E-state index contributed by atoms with van der Waals surface area (Å²) in [7, 11) is 0. The second kappa shape index (κ2) is 12.4. The number of hydrogen-bond donors (Lipinski definition) is 0. The van der Waals surface area contributed by atoms with Crippen molar-refractivity contribution in [2.24, 2.45) is 0 Å². The minimum absolute atomic E-state index is 0.237. The van der Waals surface area contributed by atoms with Crippen LogP contribution in [0.15, 0.2) is 36.7 Å². The van der Waals surface area contributed by atoms with Crippen molar-refractivity contribution in [3.63, 3.8) is 0 Å². The number of benzene rings is 1. The molecule has 1 heterocycles.